The number of unbranched alkanes of at least 4 members (excludes halogenated alkanes) is 1. The standard InChI is InChI=1S/C36H56N6O4.C26H31F2N3O3/c1-26-7-11-34(36(45)38-26)42(25-43)33-12-8-30(22-35(33)39(3)4)29-14-19-40(20-15-29)23-28(13-17-37-27(2)44)16-21-46-24-32-10-9-31-6-5-18-41(31)32;1-4-6-9-31(14-32)21-12-22(34-3)30-26-19(21)13-29-25(24(26)28)18-11-16(33)10-15-7-8-20(27)17(5-2)23(15)18/h8,12,22,25,28-29,31-32,34H,1,5-7,9-11,13-21,23-24H2,2-4H3,(H,37,44)(H,38,45);10-13,26,29,32-33H,4-9,14H2,1-3H3. The topological polar surface area (TPSA) is 175 Å². The largest absolute Gasteiger partial charge is 0.508 e. The van der Waals surface area contributed by atoms with E-state index in [2.05, 4.69) is 56.4 Å². The van der Waals surface area contributed by atoms with E-state index in [4.69, 9.17) is 9.47 Å². The maximum atomic E-state index is 16.1. The first-order chi connectivity index (χ1) is 38.7. The second kappa shape index (κ2) is 28.1. The number of aromatic hydroxyl groups is 1. The molecule has 4 fully saturated rings. The van der Waals surface area contributed by atoms with Crippen molar-refractivity contribution in [3.63, 3.8) is 0 Å². The minimum atomic E-state index is -0.984. The van der Waals surface area contributed by atoms with Gasteiger partial charge < -0.3 is 55.2 Å². The summed E-state index contributed by atoms with van der Waals surface area (Å²) in [6.07, 6.45) is 17.8. The molecule has 0 saturated carbocycles. The van der Waals surface area contributed by atoms with Crippen LogP contribution in [0.15, 0.2) is 82.8 Å². The van der Waals surface area contributed by atoms with E-state index in [0.29, 0.717) is 90.3 Å². The lowest BCUT2D eigenvalue weighted by Crippen LogP contribution is -2.49. The lowest BCUT2D eigenvalue weighted by atomic mass is 9.83. The van der Waals surface area contributed by atoms with Gasteiger partial charge in [-0.3, -0.25) is 19.3 Å². The van der Waals surface area contributed by atoms with Gasteiger partial charge in [0.25, 0.3) is 0 Å². The van der Waals surface area contributed by atoms with Gasteiger partial charge in [-0.05, 0) is 161 Å². The molecular formula is C62H87F2N9O7. The summed E-state index contributed by atoms with van der Waals surface area (Å²) >= 11 is 0. The molecule has 5 unspecified atom stereocenters. The molecule has 5 N–H and O–H groups in total. The number of dihydropyridines is 2. The van der Waals surface area contributed by atoms with E-state index in [9.17, 15) is 29.0 Å². The second-order valence-corrected chi connectivity index (χ2v) is 22.7. The van der Waals surface area contributed by atoms with Gasteiger partial charge in [-0.15, -0.1) is 0 Å². The van der Waals surface area contributed by atoms with Gasteiger partial charge in [0.1, 0.15) is 30.4 Å². The Morgan fingerprint density at radius 1 is 1.02 bits per heavy atom. The highest BCUT2D eigenvalue weighted by atomic mass is 19.1. The van der Waals surface area contributed by atoms with Gasteiger partial charge in [0.05, 0.1) is 36.5 Å². The zero-order valence-corrected chi connectivity index (χ0v) is 48.1. The second-order valence-electron chi connectivity index (χ2n) is 22.7. The van der Waals surface area contributed by atoms with Crippen molar-refractivity contribution in [2.24, 2.45) is 10.9 Å². The number of likely N-dealkylation sites (tertiary alicyclic amines) is 1. The van der Waals surface area contributed by atoms with Crippen molar-refractivity contribution in [2.75, 3.05) is 90.2 Å². The van der Waals surface area contributed by atoms with Crippen LogP contribution < -0.4 is 25.8 Å². The number of anilines is 2. The molecule has 4 saturated heterocycles. The molecule has 80 heavy (non-hydrogen) atoms. The number of fused-ring (bicyclic) bond motifs is 3. The predicted molar refractivity (Wildman–Crippen MR) is 312 cm³/mol. The van der Waals surface area contributed by atoms with Gasteiger partial charge in [0.15, 0.2) is 5.83 Å². The number of piperidine rings is 2. The zero-order valence-electron chi connectivity index (χ0n) is 48.1. The summed E-state index contributed by atoms with van der Waals surface area (Å²) in [6, 6.07) is 9.31. The van der Waals surface area contributed by atoms with Crippen molar-refractivity contribution in [1.82, 2.24) is 30.7 Å². The fraction of sp³-hybridized carbons (Fsp3) is 0.581. The molecule has 6 heterocycles. The number of phenols is 1. The molecule has 2 aromatic rings. The van der Waals surface area contributed by atoms with Crippen LogP contribution in [0.1, 0.15) is 139 Å². The van der Waals surface area contributed by atoms with Crippen molar-refractivity contribution in [3.8, 4) is 5.75 Å². The van der Waals surface area contributed by atoms with Crippen molar-refractivity contribution in [3.05, 3.63) is 100 Å². The van der Waals surface area contributed by atoms with Crippen LogP contribution in [0, 0.1) is 5.92 Å². The third-order valence-corrected chi connectivity index (χ3v) is 17.3. The van der Waals surface area contributed by atoms with Crippen molar-refractivity contribution < 1.29 is 42.9 Å². The molecule has 9 rings (SSSR count). The number of hydrogen-bond donors (Lipinski definition) is 5. The number of carbonyl (C=O) groups is 3. The van der Waals surface area contributed by atoms with E-state index in [-0.39, 0.29) is 48.1 Å². The SMILES string of the molecule is C=C1CCC(N(C=O)c2ccc(C3CCN(CC(CCNC(C)=O)CCOCC4CCC5CCCN54)CC3)cc2N(C)C)C(=O)N1.CCCCN(CO)C1=CC(OC)=NC2C1=CNC(c1cc(O)cc3c1C(CC)=C(F)CC3)=C2F. The highest BCUT2D eigenvalue weighted by Gasteiger charge is 2.38. The van der Waals surface area contributed by atoms with E-state index in [0.717, 1.165) is 101 Å². The Morgan fingerprint density at radius 3 is 2.52 bits per heavy atom. The molecule has 1 aliphatic carbocycles. The Kier molecular flexibility index (Phi) is 21.1. The maximum absolute atomic E-state index is 16.1. The lowest BCUT2D eigenvalue weighted by Gasteiger charge is -2.36. The summed E-state index contributed by atoms with van der Waals surface area (Å²) in [7, 11) is 5.44. The molecule has 2 aromatic carbocycles. The number of phenolic OH excluding ortho intramolecular Hbond substituents is 1. The number of nitrogens with one attached hydrogen (secondary N) is 3. The monoisotopic (exact) mass is 1110 g/mol. The van der Waals surface area contributed by atoms with Crippen LogP contribution >= 0.6 is 0 Å². The predicted octanol–water partition coefficient (Wildman–Crippen LogP) is 8.78. The number of benzene rings is 2. The Balaban J connectivity index is 0.000000220. The Hall–Kier alpha value is -6.08. The van der Waals surface area contributed by atoms with Gasteiger partial charge in [-0.2, -0.15) is 0 Å². The quantitative estimate of drug-likeness (QED) is 0.0432. The van der Waals surface area contributed by atoms with Crippen LogP contribution in [0.5, 0.6) is 5.75 Å². The number of aliphatic hydroxyl groups is 1. The number of carbonyl (C=O) groups excluding carboxylic acids is 3. The van der Waals surface area contributed by atoms with E-state index < -0.39 is 17.9 Å². The van der Waals surface area contributed by atoms with Gasteiger partial charge in [-0.1, -0.05) is 32.9 Å². The number of methoxy groups -OCH3 is 1. The van der Waals surface area contributed by atoms with E-state index >= 15 is 4.39 Å². The number of rotatable bonds is 22. The number of aliphatic imine (C=N–C) groups is 1. The number of nitrogens with zero attached hydrogens (tertiary/aromatic N) is 6. The molecule has 16 nitrogen and oxygen atoms in total. The fourth-order valence-corrected chi connectivity index (χ4v) is 13.0. The zero-order chi connectivity index (χ0) is 57.0. The summed E-state index contributed by atoms with van der Waals surface area (Å²) in [5.41, 5.74) is 7.39. The molecule has 0 bridgehead atoms. The normalized spacial score (nSPS) is 22.6. The molecule has 3 amide bonds. The summed E-state index contributed by atoms with van der Waals surface area (Å²) in [6.45, 7) is 16.4. The molecule has 436 valence electrons. The van der Waals surface area contributed by atoms with Crippen molar-refractivity contribution in [2.45, 2.75) is 147 Å². The van der Waals surface area contributed by atoms with Gasteiger partial charge >= 0.3 is 0 Å². The first-order valence-electron chi connectivity index (χ1n) is 29.3. The molecular weight excluding hydrogens is 1020 g/mol. The first-order valence-corrected chi connectivity index (χ1v) is 29.3. The summed E-state index contributed by atoms with van der Waals surface area (Å²) in [5.74, 6) is 0.269. The number of ether oxygens (including phenoxy) is 2. The number of allylic oxidation sites excluding steroid dienone is 3. The number of hydrogen-bond acceptors (Lipinski definition) is 13. The number of halogens is 2. The van der Waals surface area contributed by atoms with Gasteiger partial charge in [0, 0.05) is 94.9 Å². The van der Waals surface area contributed by atoms with E-state index in [1.807, 2.05) is 32.0 Å². The van der Waals surface area contributed by atoms with Crippen LogP contribution in [-0.4, -0.2) is 154 Å². The Labute approximate surface area is 472 Å². The summed E-state index contributed by atoms with van der Waals surface area (Å²) < 4.78 is 42.4. The third-order valence-electron chi connectivity index (χ3n) is 17.3. The van der Waals surface area contributed by atoms with E-state index in [1.54, 1.807) is 35.1 Å². The van der Waals surface area contributed by atoms with Crippen LogP contribution in [-0.2, 0) is 30.3 Å². The molecule has 7 aliphatic rings. The molecule has 0 aromatic heterocycles. The Bertz CT molecular complexity index is 2710. The maximum Gasteiger partial charge on any atom is 0.247 e. The minimum absolute atomic E-state index is 0.000259. The van der Waals surface area contributed by atoms with Crippen LogP contribution in [0.3, 0.4) is 0 Å². The van der Waals surface area contributed by atoms with Crippen LogP contribution in [0.25, 0.3) is 11.3 Å². The summed E-state index contributed by atoms with van der Waals surface area (Å²) in [4.78, 5) is 51.6. The van der Waals surface area contributed by atoms with Crippen molar-refractivity contribution >= 4 is 46.8 Å². The van der Waals surface area contributed by atoms with Crippen LogP contribution in [0.2, 0.25) is 0 Å². The lowest BCUT2D eigenvalue weighted by molar-refractivity contribution is -0.124. The number of aliphatic hydroxyl groups excluding tert-OH is 1. The van der Waals surface area contributed by atoms with E-state index in [1.165, 1.54) is 51.0 Å². The fourth-order valence-electron chi connectivity index (χ4n) is 13.0. The average molecular weight is 1110 g/mol. The molecule has 0 spiro atoms. The molecule has 5 atom stereocenters. The average Bonchev–Trinajstić information content (AvgIpc) is 4.14. The number of amides is 3. The third kappa shape index (κ3) is 14.1. The van der Waals surface area contributed by atoms with Crippen molar-refractivity contribution in [1.29, 1.82) is 0 Å². The summed E-state index contributed by atoms with van der Waals surface area (Å²) in [5, 5.41) is 29.2. The number of aryl methyl sites for hydroxylation is 1. The van der Waals surface area contributed by atoms with Crippen LogP contribution in [0.4, 0.5) is 20.2 Å². The first kappa shape index (κ1) is 60.0. The highest BCUT2D eigenvalue weighted by Crippen LogP contribution is 2.44. The molecule has 0 radical (unpaired) electrons. The Morgan fingerprint density at radius 2 is 1.82 bits per heavy atom. The molecule has 18 heteroatoms. The smallest absolute Gasteiger partial charge is 0.247 e. The van der Waals surface area contributed by atoms with Gasteiger partial charge in [0.2, 0.25) is 24.1 Å². The van der Waals surface area contributed by atoms with Gasteiger partial charge in [-0.25, -0.2) is 13.8 Å². The molecule has 6 aliphatic heterocycles. The minimum Gasteiger partial charge on any atom is -0.508 e. The highest BCUT2D eigenvalue weighted by molar-refractivity contribution is 5.96.